The molecule has 0 spiro atoms. The van der Waals surface area contributed by atoms with Crippen molar-refractivity contribution in [3.63, 3.8) is 0 Å². The molecule has 20 heavy (non-hydrogen) atoms. The van der Waals surface area contributed by atoms with Crippen LogP contribution in [0.25, 0.3) is 12.2 Å². The third-order valence-corrected chi connectivity index (χ3v) is 3.42. The van der Waals surface area contributed by atoms with Crippen LogP contribution in [0, 0.1) is 0 Å². The van der Waals surface area contributed by atoms with Crippen LogP contribution in [0.15, 0.2) is 28.8 Å². The van der Waals surface area contributed by atoms with Crippen LogP contribution in [0.1, 0.15) is 30.7 Å². The molecule has 0 atom stereocenters. The minimum Gasteiger partial charge on any atom is -0.399 e. The van der Waals surface area contributed by atoms with Crippen LogP contribution >= 0.6 is 0 Å². The number of hydrogen-bond acceptors (Lipinski definition) is 5. The van der Waals surface area contributed by atoms with Gasteiger partial charge in [0.05, 0.1) is 0 Å². The molecule has 1 aromatic carbocycles. The highest BCUT2D eigenvalue weighted by molar-refractivity contribution is 5.67. The van der Waals surface area contributed by atoms with Crippen LogP contribution < -0.4 is 10.6 Å². The number of anilines is 2. The van der Waals surface area contributed by atoms with Crippen molar-refractivity contribution < 1.29 is 4.52 Å². The first kappa shape index (κ1) is 12.7. The van der Waals surface area contributed by atoms with Crippen molar-refractivity contribution in [2.24, 2.45) is 0 Å². The largest absolute Gasteiger partial charge is 0.399 e. The van der Waals surface area contributed by atoms with Gasteiger partial charge in [-0.3, -0.25) is 0 Å². The minimum atomic E-state index is 0.530. The highest BCUT2D eigenvalue weighted by atomic mass is 16.5. The molecule has 5 heteroatoms. The van der Waals surface area contributed by atoms with Gasteiger partial charge in [0.1, 0.15) is 0 Å². The maximum Gasteiger partial charge on any atom is 0.266 e. The predicted molar refractivity (Wildman–Crippen MR) is 80.1 cm³/mol. The Kier molecular flexibility index (Phi) is 3.67. The van der Waals surface area contributed by atoms with Gasteiger partial charge in [-0.1, -0.05) is 12.1 Å². The number of nitrogens with two attached hydrogens (primary N) is 1. The third-order valence-electron chi connectivity index (χ3n) is 3.42. The average molecular weight is 270 g/mol. The van der Waals surface area contributed by atoms with Crippen LogP contribution in [0.4, 0.5) is 11.6 Å². The van der Waals surface area contributed by atoms with E-state index in [2.05, 4.69) is 15.0 Å². The first-order chi connectivity index (χ1) is 9.81. The van der Waals surface area contributed by atoms with E-state index in [1.807, 2.05) is 36.4 Å². The molecular weight excluding hydrogens is 252 g/mol. The van der Waals surface area contributed by atoms with Gasteiger partial charge < -0.3 is 15.2 Å². The van der Waals surface area contributed by atoms with E-state index in [0.717, 1.165) is 24.3 Å². The topological polar surface area (TPSA) is 68.2 Å². The highest BCUT2D eigenvalue weighted by Crippen LogP contribution is 2.17. The Labute approximate surface area is 118 Å². The Morgan fingerprint density at radius 1 is 1.05 bits per heavy atom. The van der Waals surface area contributed by atoms with Crippen molar-refractivity contribution >= 4 is 23.8 Å². The molecule has 0 saturated carbocycles. The second-order valence-corrected chi connectivity index (χ2v) is 4.98. The van der Waals surface area contributed by atoms with Crippen LogP contribution in [0.5, 0.6) is 0 Å². The van der Waals surface area contributed by atoms with E-state index < -0.39 is 0 Å². The molecule has 1 aromatic heterocycles. The lowest BCUT2D eigenvalue weighted by atomic mass is 10.1. The molecule has 0 aliphatic carbocycles. The molecule has 2 N–H and O–H groups in total. The van der Waals surface area contributed by atoms with E-state index in [1.54, 1.807) is 0 Å². The summed E-state index contributed by atoms with van der Waals surface area (Å²) in [6.07, 6.45) is 7.45. The Morgan fingerprint density at radius 3 is 2.55 bits per heavy atom. The molecule has 0 amide bonds. The van der Waals surface area contributed by atoms with Crippen LogP contribution in [-0.4, -0.2) is 23.2 Å². The molecule has 2 aromatic rings. The zero-order valence-corrected chi connectivity index (χ0v) is 11.3. The summed E-state index contributed by atoms with van der Waals surface area (Å²) >= 11 is 0. The van der Waals surface area contributed by atoms with Gasteiger partial charge in [-0.25, -0.2) is 0 Å². The van der Waals surface area contributed by atoms with Crippen molar-refractivity contribution in [2.75, 3.05) is 23.7 Å². The summed E-state index contributed by atoms with van der Waals surface area (Å²) < 4.78 is 5.25. The number of hydrogen-bond donors (Lipinski definition) is 1. The van der Waals surface area contributed by atoms with E-state index in [9.17, 15) is 0 Å². The molecule has 104 valence electrons. The van der Waals surface area contributed by atoms with Gasteiger partial charge in [0, 0.05) is 24.9 Å². The molecule has 3 rings (SSSR count). The van der Waals surface area contributed by atoms with Gasteiger partial charge in [0.15, 0.2) is 0 Å². The maximum absolute atomic E-state index is 5.65. The molecule has 0 unspecified atom stereocenters. The summed E-state index contributed by atoms with van der Waals surface area (Å²) in [4.78, 5) is 6.58. The smallest absolute Gasteiger partial charge is 0.266 e. The maximum atomic E-state index is 5.65. The normalized spacial score (nSPS) is 15.9. The summed E-state index contributed by atoms with van der Waals surface area (Å²) in [5.41, 5.74) is 7.46. The summed E-state index contributed by atoms with van der Waals surface area (Å²) in [5.74, 6) is 1.23. The van der Waals surface area contributed by atoms with E-state index in [-0.39, 0.29) is 0 Å². The second kappa shape index (κ2) is 5.77. The van der Waals surface area contributed by atoms with E-state index in [4.69, 9.17) is 10.3 Å². The molecule has 1 aliphatic heterocycles. The molecule has 2 heterocycles. The van der Waals surface area contributed by atoms with E-state index >= 15 is 0 Å². The first-order valence-corrected chi connectivity index (χ1v) is 6.93. The summed E-state index contributed by atoms with van der Waals surface area (Å²) in [6, 6.07) is 7.64. The fourth-order valence-corrected chi connectivity index (χ4v) is 2.29. The summed E-state index contributed by atoms with van der Waals surface area (Å²) in [5, 5.41) is 4.03. The number of piperidine rings is 1. The van der Waals surface area contributed by atoms with Crippen molar-refractivity contribution in [1.29, 1.82) is 0 Å². The number of nitrogens with zero attached hydrogens (tertiary/aromatic N) is 3. The Balaban J connectivity index is 1.68. The molecule has 5 nitrogen and oxygen atoms in total. The standard InChI is InChI=1S/C15H18N4O/c16-13-7-4-12(5-8-13)6-9-14-17-15(18-20-14)19-10-2-1-3-11-19/h4-9H,1-3,10-11,16H2/b9-6+. The van der Waals surface area contributed by atoms with Gasteiger partial charge >= 0.3 is 0 Å². The van der Waals surface area contributed by atoms with E-state index in [1.165, 1.54) is 19.3 Å². The van der Waals surface area contributed by atoms with Gasteiger partial charge in [-0.2, -0.15) is 4.98 Å². The molecule has 1 aliphatic rings. The average Bonchev–Trinajstić information content (AvgIpc) is 2.97. The lowest BCUT2D eigenvalue weighted by molar-refractivity contribution is 0.407. The molecule has 0 bridgehead atoms. The molecule has 1 fully saturated rings. The van der Waals surface area contributed by atoms with Gasteiger partial charge in [0.25, 0.3) is 11.8 Å². The minimum absolute atomic E-state index is 0.530. The third kappa shape index (κ3) is 2.99. The van der Waals surface area contributed by atoms with Gasteiger partial charge in [-0.15, -0.1) is 0 Å². The lowest BCUT2D eigenvalue weighted by Gasteiger charge is -2.24. The monoisotopic (exact) mass is 270 g/mol. The first-order valence-electron chi connectivity index (χ1n) is 6.93. The summed E-state index contributed by atoms with van der Waals surface area (Å²) in [6.45, 7) is 2.03. The fraction of sp³-hybridized carbons (Fsp3) is 0.333. The van der Waals surface area contributed by atoms with Gasteiger partial charge in [-0.05, 0) is 48.2 Å². The van der Waals surface area contributed by atoms with Crippen LogP contribution in [0.2, 0.25) is 0 Å². The highest BCUT2D eigenvalue weighted by Gasteiger charge is 2.15. The van der Waals surface area contributed by atoms with Crippen molar-refractivity contribution in [1.82, 2.24) is 10.1 Å². The number of benzene rings is 1. The Bertz CT molecular complexity index is 582. The Hall–Kier alpha value is -2.30. The lowest BCUT2D eigenvalue weighted by Crippen LogP contribution is -2.30. The van der Waals surface area contributed by atoms with Crippen molar-refractivity contribution in [3.8, 4) is 0 Å². The van der Waals surface area contributed by atoms with Crippen molar-refractivity contribution in [2.45, 2.75) is 19.3 Å². The zero-order chi connectivity index (χ0) is 13.8. The SMILES string of the molecule is Nc1ccc(/C=C/c2nc(N3CCCCC3)no2)cc1. The quantitative estimate of drug-likeness (QED) is 0.868. The van der Waals surface area contributed by atoms with Crippen LogP contribution in [0.3, 0.4) is 0 Å². The van der Waals surface area contributed by atoms with Crippen LogP contribution in [-0.2, 0) is 0 Å². The fourth-order valence-electron chi connectivity index (χ4n) is 2.29. The number of rotatable bonds is 3. The van der Waals surface area contributed by atoms with Crippen molar-refractivity contribution in [3.05, 3.63) is 35.7 Å². The number of aromatic nitrogens is 2. The molecular formula is C15H18N4O. The second-order valence-electron chi connectivity index (χ2n) is 4.98. The Morgan fingerprint density at radius 2 is 1.80 bits per heavy atom. The number of nitrogen functional groups attached to an aromatic ring is 1. The van der Waals surface area contributed by atoms with Gasteiger partial charge in [0.2, 0.25) is 0 Å². The molecule has 0 radical (unpaired) electrons. The summed E-state index contributed by atoms with van der Waals surface area (Å²) in [7, 11) is 0. The van der Waals surface area contributed by atoms with E-state index in [0.29, 0.717) is 11.8 Å². The molecule has 1 saturated heterocycles. The predicted octanol–water partition coefficient (Wildman–Crippen LogP) is 2.81. The zero-order valence-electron chi connectivity index (χ0n) is 11.3.